The third-order valence-electron chi connectivity index (χ3n) is 3.76. The molecule has 2 aromatic rings. The summed E-state index contributed by atoms with van der Waals surface area (Å²) < 4.78 is 5.69. The summed E-state index contributed by atoms with van der Waals surface area (Å²) in [5.41, 5.74) is 1.77. The van der Waals surface area contributed by atoms with E-state index >= 15 is 0 Å². The van der Waals surface area contributed by atoms with Gasteiger partial charge in [-0.1, -0.05) is 12.1 Å². The van der Waals surface area contributed by atoms with Crippen LogP contribution < -0.4 is 10.6 Å². The molecule has 0 spiro atoms. The van der Waals surface area contributed by atoms with Crippen LogP contribution in [0.3, 0.4) is 0 Å². The molecule has 1 fully saturated rings. The molecule has 18 heavy (non-hydrogen) atoms. The van der Waals surface area contributed by atoms with Crippen molar-refractivity contribution in [2.75, 3.05) is 12.4 Å². The van der Waals surface area contributed by atoms with Crippen LogP contribution in [-0.2, 0) is 0 Å². The highest BCUT2D eigenvalue weighted by Crippen LogP contribution is 2.24. The molecule has 1 aromatic carbocycles. The maximum absolute atomic E-state index is 5.69. The smallest absolute Gasteiger partial charge is 0.295 e. The number of para-hydroxylation sites is 2. The summed E-state index contributed by atoms with van der Waals surface area (Å²) in [7, 11) is 2.04. The van der Waals surface area contributed by atoms with Gasteiger partial charge in [-0.25, -0.2) is 0 Å². The van der Waals surface area contributed by atoms with Crippen molar-refractivity contribution in [1.29, 1.82) is 0 Å². The van der Waals surface area contributed by atoms with Crippen molar-refractivity contribution in [1.82, 2.24) is 10.3 Å². The lowest BCUT2D eigenvalue weighted by Gasteiger charge is -2.28. The largest absolute Gasteiger partial charge is 0.424 e. The minimum atomic E-state index is 0.489. The van der Waals surface area contributed by atoms with Crippen LogP contribution in [0, 0.1) is 0 Å². The first-order chi connectivity index (χ1) is 8.85. The molecule has 0 radical (unpaired) electrons. The summed E-state index contributed by atoms with van der Waals surface area (Å²) in [5.74, 6) is 0. The zero-order valence-corrected chi connectivity index (χ0v) is 10.6. The second-order valence-corrected chi connectivity index (χ2v) is 4.97. The molecule has 4 nitrogen and oxygen atoms in total. The van der Waals surface area contributed by atoms with E-state index in [1.807, 2.05) is 31.3 Å². The fraction of sp³-hybridized carbons (Fsp3) is 0.500. The van der Waals surface area contributed by atoms with Crippen molar-refractivity contribution in [3.63, 3.8) is 0 Å². The first-order valence-electron chi connectivity index (χ1n) is 6.64. The van der Waals surface area contributed by atoms with Crippen molar-refractivity contribution >= 4 is 17.1 Å². The van der Waals surface area contributed by atoms with Gasteiger partial charge in [-0.05, 0) is 44.9 Å². The van der Waals surface area contributed by atoms with Gasteiger partial charge in [0.25, 0.3) is 6.01 Å². The Hall–Kier alpha value is -1.55. The van der Waals surface area contributed by atoms with Crippen LogP contribution in [0.4, 0.5) is 6.01 Å². The minimum absolute atomic E-state index is 0.489. The lowest BCUT2D eigenvalue weighted by molar-refractivity contribution is 0.367. The van der Waals surface area contributed by atoms with Crippen molar-refractivity contribution in [2.45, 2.75) is 37.8 Å². The summed E-state index contributed by atoms with van der Waals surface area (Å²) in [6.45, 7) is 0. The van der Waals surface area contributed by atoms with Crippen molar-refractivity contribution in [2.24, 2.45) is 0 Å². The quantitative estimate of drug-likeness (QED) is 0.873. The monoisotopic (exact) mass is 245 g/mol. The lowest BCUT2D eigenvalue weighted by atomic mass is 9.91. The van der Waals surface area contributed by atoms with Gasteiger partial charge >= 0.3 is 0 Å². The molecule has 0 bridgehead atoms. The van der Waals surface area contributed by atoms with Crippen LogP contribution in [0.15, 0.2) is 28.7 Å². The number of nitrogens with one attached hydrogen (secondary N) is 2. The normalized spacial score (nSPS) is 24.3. The van der Waals surface area contributed by atoms with Gasteiger partial charge in [0.1, 0.15) is 5.52 Å². The Kier molecular flexibility index (Phi) is 3.19. The SMILES string of the molecule is CNC1CCC(Nc2nc3ccccc3o2)CC1. The Balaban J connectivity index is 1.66. The third-order valence-corrected chi connectivity index (χ3v) is 3.76. The standard InChI is InChI=1S/C14H19N3O/c1-15-10-6-8-11(9-7-10)16-14-17-12-4-2-3-5-13(12)18-14/h2-5,10-11,15H,6-9H2,1H3,(H,16,17). The van der Waals surface area contributed by atoms with Crippen LogP contribution in [0.1, 0.15) is 25.7 Å². The third kappa shape index (κ3) is 2.34. The molecular formula is C14H19N3O. The van der Waals surface area contributed by atoms with Crippen molar-refractivity contribution < 1.29 is 4.42 Å². The number of benzene rings is 1. The van der Waals surface area contributed by atoms with Gasteiger partial charge in [0.15, 0.2) is 5.58 Å². The molecule has 0 aliphatic heterocycles. The Morgan fingerprint density at radius 3 is 2.56 bits per heavy atom. The second-order valence-electron chi connectivity index (χ2n) is 4.97. The van der Waals surface area contributed by atoms with Gasteiger partial charge in [0, 0.05) is 12.1 Å². The molecule has 0 atom stereocenters. The van der Waals surface area contributed by atoms with Crippen LogP contribution in [0.25, 0.3) is 11.1 Å². The molecule has 4 heteroatoms. The van der Waals surface area contributed by atoms with E-state index < -0.39 is 0 Å². The van der Waals surface area contributed by atoms with E-state index in [-0.39, 0.29) is 0 Å². The van der Waals surface area contributed by atoms with Gasteiger partial charge in [0.05, 0.1) is 0 Å². The molecule has 3 rings (SSSR count). The highest BCUT2D eigenvalue weighted by atomic mass is 16.4. The number of hydrogen-bond donors (Lipinski definition) is 2. The predicted molar refractivity (Wildman–Crippen MR) is 72.7 cm³/mol. The number of fused-ring (bicyclic) bond motifs is 1. The molecule has 1 aliphatic carbocycles. The Labute approximate surface area is 107 Å². The van der Waals surface area contributed by atoms with Gasteiger partial charge in [-0.15, -0.1) is 0 Å². The van der Waals surface area contributed by atoms with E-state index in [9.17, 15) is 0 Å². The fourth-order valence-electron chi connectivity index (χ4n) is 2.63. The van der Waals surface area contributed by atoms with E-state index in [1.54, 1.807) is 0 Å². The second kappa shape index (κ2) is 4.98. The molecule has 96 valence electrons. The molecule has 0 unspecified atom stereocenters. The maximum Gasteiger partial charge on any atom is 0.295 e. The molecule has 0 saturated heterocycles. The summed E-state index contributed by atoms with van der Waals surface area (Å²) >= 11 is 0. The summed E-state index contributed by atoms with van der Waals surface area (Å²) in [6, 6.07) is 9.69. The van der Waals surface area contributed by atoms with Crippen LogP contribution in [0.5, 0.6) is 0 Å². The molecular weight excluding hydrogens is 226 g/mol. The number of aromatic nitrogens is 1. The fourth-order valence-corrected chi connectivity index (χ4v) is 2.63. The van der Waals surface area contributed by atoms with Crippen molar-refractivity contribution in [3.8, 4) is 0 Å². The predicted octanol–water partition coefficient (Wildman–Crippen LogP) is 2.77. The number of hydrogen-bond acceptors (Lipinski definition) is 4. The maximum atomic E-state index is 5.69. The average molecular weight is 245 g/mol. The van der Waals surface area contributed by atoms with E-state index in [2.05, 4.69) is 15.6 Å². The first-order valence-corrected chi connectivity index (χ1v) is 6.64. The van der Waals surface area contributed by atoms with Gasteiger partial charge in [-0.2, -0.15) is 4.98 Å². The minimum Gasteiger partial charge on any atom is -0.424 e. The summed E-state index contributed by atoms with van der Waals surface area (Å²) in [6.07, 6.45) is 4.78. The highest BCUT2D eigenvalue weighted by Gasteiger charge is 2.21. The molecule has 2 N–H and O–H groups in total. The summed E-state index contributed by atoms with van der Waals surface area (Å²) in [5, 5.41) is 6.75. The van der Waals surface area contributed by atoms with Crippen LogP contribution in [-0.4, -0.2) is 24.1 Å². The molecule has 1 heterocycles. The zero-order valence-electron chi connectivity index (χ0n) is 10.6. The topological polar surface area (TPSA) is 50.1 Å². The Morgan fingerprint density at radius 2 is 1.83 bits per heavy atom. The van der Waals surface area contributed by atoms with Gasteiger partial charge in [0.2, 0.25) is 0 Å². The number of nitrogens with zero attached hydrogens (tertiary/aromatic N) is 1. The van der Waals surface area contributed by atoms with E-state index in [0.717, 1.165) is 11.1 Å². The van der Waals surface area contributed by atoms with Gasteiger partial charge in [-0.3, -0.25) is 0 Å². The van der Waals surface area contributed by atoms with E-state index in [0.29, 0.717) is 18.1 Å². The lowest BCUT2D eigenvalue weighted by Crippen LogP contribution is -2.35. The first kappa shape index (κ1) is 11.5. The van der Waals surface area contributed by atoms with Crippen molar-refractivity contribution in [3.05, 3.63) is 24.3 Å². The van der Waals surface area contributed by atoms with Crippen LogP contribution >= 0.6 is 0 Å². The Morgan fingerprint density at radius 1 is 1.11 bits per heavy atom. The van der Waals surface area contributed by atoms with E-state index in [4.69, 9.17) is 4.42 Å². The molecule has 1 aromatic heterocycles. The highest BCUT2D eigenvalue weighted by molar-refractivity contribution is 5.74. The summed E-state index contributed by atoms with van der Waals surface area (Å²) in [4.78, 5) is 4.45. The average Bonchev–Trinajstić information content (AvgIpc) is 2.82. The number of rotatable bonds is 3. The van der Waals surface area contributed by atoms with E-state index in [1.165, 1.54) is 25.7 Å². The molecule has 0 amide bonds. The number of oxazole rings is 1. The molecule has 1 saturated carbocycles. The van der Waals surface area contributed by atoms with Crippen LogP contribution in [0.2, 0.25) is 0 Å². The number of anilines is 1. The molecule has 1 aliphatic rings. The zero-order chi connectivity index (χ0) is 12.4. The Bertz CT molecular complexity index is 481. The van der Waals surface area contributed by atoms with Gasteiger partial charge < -0.3 is 15.1 Å².